The van der Waals surface area contributed by atoms with Crippen molar-refractivity contribution in [3.8, 4) is 0 Å². The van der Waals surface area contributed by atoms with Crippen molar-refractivity contribution in [2.45, 2.75) is 24.0 Å². The quantitative estimate of drug-likeness (QED) is 0.739. The summed E-state index contributed by atoms with van der Waals surface area (Å²) < 4.78 is 33.1. The maximum absolute atomic E-state index is 13.0. The molecule has 0 aliphatic carbocycles. The van der Waals surface area contributed by atoms with Gasteiger partial charge in [0, 0.05) is 24.2 Å². The summed E-state index contributed by atoms with van der Waals surface area (Å²) in [6, 6.07) is 14.3. The second kappa shape index (κ2) is 5.47. The average molecular weight is 328 g/mol. The lowest BCUT2D eigenvalue weighted by atomic mass is 10.1. The second-order valence-corrected chi connectivity index (χ2v) is 7.45. The number of nitrogens with zero attached hydrogens (tertiary/aromatic N) is 2. The van der Waals surface area contributed by atoms with Gasteiger partial charge in [0.1, 0.15) is 5.58 Å². The van der Waals surface area contributed by atoms with Crippen LogP contribution in [0.1, 0.15) is 24.6 Å². The molecule has 1 aromatic carbocycles. The lowest BCUT2D eigenvalue weighted by Crippen LogP contribution is -2.30. The molecule has 23 heavy (non-hydrogen) atoms. The molecular formula is C17H16N2O3S. The highest BCUT2D eigenvalue weighted by molar-refractivity contribution is 7.89. The van der Waals surface area contributed by atoms with Gasteiger partial charge in [-0.15, -0.1) is 0 Å². The van der Waals surface area contributed by atoms with E-state index in [4.69, 9.17) is 4.42 Å². The number of furan rings is 1. The molecule has 0 spiro atoms. The van der Waals surface area contributed by atoms with E-state index in [1.165, 1.54) is 4.31 Å². The van der Waals surface area contributed by atoms with Crippen LogP contribution in [-0.4, -0.2) is 24.3 Å². The zero-order valence-corrected chi connectivity index (χ0v) is 13.2. The third-order valence-corrected chi connectivity index (χ3v) is 5.96. The molecular weight excluding hydrogens is 312 g/mol. The Morgan fingerprint density at radius 3 is 2.74 bits per heavy atom. The molecule has 0 bridgehead atoms. The second-order valence-electron chi connectivity index (χ2n) is 5.63. The van der Waals surface area contributed by atoms with Crippen molar-refractivity contribution < 1.29 is 12.8 Å². The maximum atomic E-state index is 13.0. The van der Waals surface area contributed by atoms with Crippen LogP contribution in [0.25, 0.3) is 11.0 Å². The van der Waals surface area contributed by atoms with Crippen molar-refractivity contribution in [1.82, 2.24) is 9.29 Å². The molecule has 1 atom stereocenters. The van der Waals surface area contributed by atoms with E-state index < -0.39 is 10.0 Å². The largest absolute Gasteiger partial charge is 0.443 e. The van der Waals surface area contributed by atoms with Crippen molar-refractivity contribution >= 4 is 21.0 Å². The summed E-state index contributed by atoms with van der Waals surface area (Å²) in [4.78, 5) is 4.32. The van der Waals surface area contributed by atoms with Crippen LogP contribution >= 0.6 is 0 Å². The zero-order valence-electron chi connectivity index (χ0n) is 12.4. The standard InChI is InChI=1S/C17H16N2O3S/c20-23(21,17-12-13-6-1-2-9-16(13)22-17)19-11-5-8-15(19)14-7-3-4-10-18-14/h1-4,6-7,9-10,12,15H,5,8,11H2. The van der Waals surface area contributed by atoms with Crippen molar-refractivity contribution in [3.63, 3.8) is 0 Å². The number of sulfonamides is 1. The van der Waals surface area contributed by atoms with Crippen LogP contribution in [0.3, 0.4) is 0 Å². The Kier molecular flexibility index (Phi) is 3.43. The van der Waals surface area contributed by atoms with Crippen LogP contribution in [0.2, 0.25) is 0 Å². The van der Waals surface area contributed by atoms with Gasteiger partial charge in [-0.05, 0) is 31.0 Å². The van der Waals surface area contributed by atoms with Gasteiger partial charge in [-0.1, -0.05) is 24.3 Å². The molecule has 4 rings (SSSR count). The number of benzene rings is 1. The molecule has 6 heteroatoms. The monoisotopic (exact) mass is 328 g/mol. The highest BCUT2D eigenvalue weighted by Crippen LogP contribution is 2.36. The van der Waals surface area contributed by atoms with Crippen molar-refractivity contribution in [3.05, 3.63) is 60.4 Å². The molecule has 1 aliphatic heterocycles. The van der Waals surface area contributed by atoms with E-state index in [2.05, 4.69) is 4.98 Å². The van der Waals surface area contributed by atoms with E-state index in [0.29, 0.717) is 12.1 Å². The molecule has 1 unspecified atom stereocenters. The maximum Gasteiger partial charge on any atom is 0.277 e. The van der Waals surface area contributed by atoms with Gasteiger partial charge < -0.3 is 4.42 Å². The number of hydrogen-bond acceptors (Lipinski definition) is 4. The van der Waals surface area contributed by atoms with E-state index in [0.717, 1.165) is 23.9 Å². The van der Waals surface area contributed by atoms with Crippen LogP contribution in [-0.2, 0) is 10.0 Å². The Labute approximate surface area is 134 Å². The van der Waals surface area contributed by atoms with Crippen molar-refractivity contribution in [2.75, 3.05) is 6.54 Å². The molecule has 5 nitrogen and oxygen atoms in total. The van der Waals surface area contributed by atoms with Gasteiger partial charge >= 0.3 is 0 Å². The minimum atomic E-state index is -3.67. The number of hydrogen-bond donors (Lipinski definition) is 0. The molecule has 3 aromatic rings. The van der Waals surface area contributed by atoms with Crippen molar-refractivity contribution in [2.24, 2.45) is 0 Å². The number of fused-ring (bicyclic) bond motifs is 1. The normalized spacial score (nSPS) is 19.4. The predicted molar refractivity (Wildman–Crippen MR) is 86.3 cm³/mol. The summed E-state index contributed by atoms with van der Waals surface area (Å²) in [7, 11) is -3.67. The highest BCUT2D eigenvalue weighted by Gasteiger charge is 2.38. The van der Waals surface area contributed by atoms with Gasteiger partial charge in [-0.2, -0.15) is 4.31 Å². The number of rotatable bonds is 3. The van der Waals surface area contributed by atoms with E-state index in [1.54, 1.807) is 18.3 Å². The molecule has 0 saturated carbocycles. The fraction of sp³-hybridized carbons (Fsp3) is 0.235. The van der Waals surface area contributed by atoms with Gasteiger partial charge in [0.25, 0.3) is 10.0 Å². The van der Waals surface area contributed by atoms with Gasteiger partial charge in [0.05, 0.1) is 11.7 Å². The first kappa shape index (κ1) is 14.4. The molecule has 0 amide bonds. The summed E-state index contributed by atoms with van der Waals surface area (Å²) in [6.07, 6.45) is 3.29. The minimum absolute atomic E-state index is 0.00142. The fourth-order valence-corrected chi connectivity index (χ4v) is 4.72. The molecule has 1 saturated heterocycles. The SMILES string of the molecule is O=S(=O)(c1cc2ccccc2o1)N1CCCC1c1ccccn1. The first-order valence-corrected chi connectivity index (χ1v) is 9.01. The highest BCUT2D eigenvalue weighted by atomic mass is 32.2. The smallest absolute Gasteiger partial charge is 0.277 e. The Balaban J connectivity index is 1.75. The van der Waals surface area contributed by atoms with E-state index in [9.17, 15) is 8.42 Å². The number of para-hydroxylation sites is 1. The van der Waals surface area contributed by atoms with Gasteiger partial charge in [-0.25, -0.2) is 8.42 Å². The number of pyridine rings is 1. The van der Waals surface area contributed by atoms with Crippen LogP contribution in [0.5, 0.6) is 0 Å². The predicted octanol–water partition coefficient (Wildman–Crippen LogP) is 3.35. The first-order valence-electron chi connectivity index (χ1n) is 7.57. The van der Waals surface area contributed by atoms with E-state index in [-0.39, 0.29) is 11.1 Å². The molecule has 118 valence electrons. The molecule has 1 fully saturated rings. The summed E-state index contributed by atoms with van der Waals surface area (Å²) in [5.74, 6) is 0. The van der Waals surface area contributed by atoms with Crippen LogP contribution in [0.4, 0.5) is 0 Å². The summed E-state index contributed by atoms with van der Waals surface area (Å²) >= 11 is 0. The Hall–Kier alpha value is -2.18. The van der Waals surface area contributed by atoms with Crippen molar-refractivity contribution in [1.29, 1.82) is 0 Å². The van der Waals surface area contributed by atoms with Crippen LogP contribution in [0.15, 0.2) is 64.2 Å². The summed E-state index contributed by atoms with van der Waals surface area (Å²) in [6.45, 7) is 0.487. The lowest BCUT2D eigenvalue weighted by Gasteiger charge is -2.22. The molecule has 1 aliphatic rings. The van der Waals surface area contributed by atoms with Gasteiger partial charge in [-0.3, -0.25) is 4.98 Å². The summed E-state index contributed by atoms with van der Waals surface area (Å²) in [5, 5.41) is 0.793. The third-order valence-electron chi connectivity index (χ3n) is 4.20. The lowest BCUT2D eigenvalue weighted by molar-refractivity contribution is 0.370. The van der Waals surface area contributed by atoms with Crippen LogP contribution < -0.4 is 0 Å². The average Bonchev–Trinajstić information content (AvgIpc) is 3.23. The minimum Gasteiger partial charge on any atom is -0.443 e. The van der Waals surface area contributed by atoms with E-state index in [1.807, 2.05) is 36.4 Å². The zero-order chi connectivity index (χ0) is 15.9. The van der Waals surface area contributed by atoms with Gasteiger partial charge in [0.15, 0.2) is 0 Å². The fourth-order valence-electron chi connectivity index (χ4n) is 3.10. The summed E-state index contributed by atoms with van der Waals surface area (Å²) in [5.41, 5.74) is 1.37. The Bertz CT molecular complexity index is 902. The molecule has 2 aromatic heterocycles. The Morgan fingerprint density at radius 2 is 1.96 bits per heavy atom. The topological polar surface area (TPSA) is 63.4 Å². The molecule has 0 N–H and O–H groups in total. The first-order chi connectivity index (χ1) is 11.2. The van der Waals surface area contributed by atoms with E-state index >= 15 is 0 Å². The molecule has 3 heterocycles. The molecule has 0 radical (unpaired) electrons. The number of aromatic nitrogens is 1. The third kappa shape index (κ3) is 2.44. The van der Waals surface area contributed by atoms with Gasteiger partial charge in [0.2, 0.25) is 5.09 Å². The Morgan fingerprint density at radius 1 is 1.13 bits per heavy atom. The van der Waals surface area contributed by atoms with Crippen LogP contribution in [0, 0.1) is 0 Å².